The van der Waals surface area contributed by atoms with Crippen LogP contribution in [0.25, 0.3) is 0 Å². The maximum Gasteiger partial charge on any atom is 0.336 e. The summed E-state index contributed by atoms with van der Waals surface area (Å²) >= 11 is 0. The summed E-state index contributed by atoms with van der Waals surface area (Å²) in [5, 5.41) is 23.1. The smallest absolute Gasteiger partial charge is 0.336 e. The Morgan fingerprint density at radius 1 is 1.48 bits per heavy atom. The highest BCUT2D eigenvalue weighted by Crippen LogP contribution is 2.36. The molecule has 9 heteroatoms. The molecule has 116 valence electrons. The monoisotopic (exact) mass is 314 g/mol. The van der Waals surface area contributed by atoms with E-state index < -0.39 is 16.9 Å². The number of imidazole rings is 1. The minimum atomic E-state index is -1.30. The van der Waals surface area contributed by atoms with Gasteiger partial charge in [0.05, 0.1) is 22.2 Å². The number of aromatic nitrogens is 2. The van der Waals surface area contributed by atoms with E-state index in [9.17, 15) is 24.8 Å². The summed E-state index contributed by atoms with van der Waals surface area (Å²) in [6.07, 6.45) is 3.38. The third-order valence-electron chi connectivity index (χ3n) is 3.50. The number of hydrogen-bond acceptors (Lipinski definition) is 6. The topological polar surface area (TPSA) is 127 Å². The van der Waals surface area contributed by atoms with E-state index in [1.54, 1.807) is 6.07 Å². The molecule has 1 aromatic heterocycles. The van der Waals surface area contributed by atoms with E-state index in [1.165, 1.54) is 35.2 Å². The van der Waals surface area contributed by atoms with Crippen LogP contribution < -0.4 is 5.32 Å². The minimum absolute atomic E-state index is 0.132. The number of carboxylic acid groups (broad SMARTS) is 1. The van der Waals surface area contributed by atoms with E-state index in [1.807, 2.05) is 0 Å². The molecule has 2 aromatic rings. The molecular formula is C14H10N4O5. The Labute approximate surface area is 129 Å². The average molecular weight is 314 g/mol. The average Bonchev–Trinajstić information content (AvgIpc) is 3.00. The minimum Gasteiger partial charge on any atom is -0.478 e. The molecule has 0 radical (unpaired) electrons. The van der Waals surface area contributed by atoms with Crippen molar-refractivity contribution in [3.05, 3.63) is 63.6 Å². The Morgan fingerprint density at radius 3 is 2.91 bits per heavy atom. The van der Waals surface area contributed by atoms with Gasteiger partial charge in [0, 0.05) is 24.5 Å². The maximum absolute atomic E-state index is 11.6. The van der Waals surface area contributed by atoms with Gasteiger partial charge in [0.15, 0.2) is 6.29 Å². The number of hydrogen-bond donors (Lipinski definition) is 2. The zero-order chi connectivity index (χ0) is 16.6. The van der Waals surface area contributed by atoms with Crippen molar-refractivity contribution in [3.8, 4) is 0 Å². The molecule has 0 fully saturated rings. The summed E-state index contributed by atoms with van der Waals surface area (Å²) in [4.78, 5) is 37.3. The Kier molecular flexibility index (Phi) is 3.37. The number of nitrogens with one attached hydrogen (secondary N) is 1. The van der Waals surface area contributed by atoms with Crippen molar-refractivity contribution in [1.29, 1.82) is 0 Å². The molecule has 0 bridgehead atoms. The molecule has 0 saturated carbocycles. The number of carbonyl (C=O) groups is 2. The van der Waals surface area contributed by atoms with Gasteiger partial charge in [0.25, 0.3) is 5.69 Å². The third-order valence-corrected chi connectivity index (χ3v) is 3.50. The predicted octanol–water partition coefficient (Wildman–Crippen LogP) is 1.34. The number of non-ortho nitro benzene ring substituents is 1. The molecule has 1 aliphatic heterocycles. The second kappa shape index (κ2) is 5.37. The first-order chi connectivity index (χ1) is 11.0. The van der Waals surface area contributed by atoms with E-state index in [4.69, 9.17) is 0 Å². The molecule has 23 heavy (non-hydrogen) atoms. The van der Waals surface area contributed by atoms with Gasteiger partial charge in [-0.3, -0.25) is 14.9 Å². The number of rotatable bonds is 4. The molecule has 1 unspecified atom stereocenters. The van der Waals surface area contributed by atoms with Crippen molar-refractivity contribution < 1.29 is 19.6 Å². The number of nitrogens with zero attached hydrogens (tertiary/aromatic N) is 3. The standard InChI is InChI=1S/C14H10N4O5/c19-7-10-11(13(20)21)12(17-5-4-15-14(17)16-10)8-2-1-3-9(6-8)18(22)23/h1-7,12H,(H,15,16)(H,20,21). The molecule has 9 nitrogen and oxygen atoms in total. The van der Waals surface area contributed by atoms with Crippen molar-refractivity contribution in [2.75, 3.05) is 5.32 Å². The molecule has 1 aliphatic rings. The Bertz CT molecular complexity index is 854. The molecule has 0 amide bonds. The quantitative estimate of drug-likeness (QED) is 0.495. The molecule has 1 atom stereocenters. The number of nitro benzene ring substituents is 1. The van der Waals surface area contributed by atoms with Crippen molar-refractivity contribution in [2.45, 2.75) is 6.04 Å². The number of fused-ring (bicyclic) bond motifs is 1. The fourth-order valence-electron chi connectivity index (χ4n) is 2.55. The van der Waals surface area contributed by atoms with Crippen LogP contribution in [0.4, 0.5) is 11.6 Å². The van der Waals surface area contributed by atoms with E-state index in [0.717, 1.165) is 0 Å². The normalized spacial score (nSPS) is 16.4. The molecule has 2 N–H and O–H groups in total. The van der Waals surface area contributed by atoms with Gasteiger partial charge in [-0.15, -0.1) is 0 Å². The van der Waals surface area contributed by atoms with Crippen LogP contribution in [0.1, 0.15) is 11.6 Å². The maximum atomic E-state index is 11.6. The number of anilines is 1. The molecule has 3 rings (SSSR count). The zero-order valence-corrected chi connectivity index (χ0v) is 11.5. The summed E-state index contributed by atoms with van der Waals surface area (Å²) in [5.74, 6) is -1.01. The van der Waals surface area contributed by atoms with Crippen LogP contribution in [0.2, 0.25) is 0 Å². The van der Waals surface area contributed by atoms with Crippen LogP contribution in [0.5, 0.6) is 0 Å². The fraction of sp³-hybridized carbons (Fsp3) is 0.0714. The van der Waals surface area contributed by atoms with E-state index in [2.05, 4.69) is 10.3 Å². The summed E-state index contributed by atoms with van der Waals surface area (Å²) in [7, 11) is 0. The van der Waals surface area contributed by atoms with Gasteiger partial charge in [-0.05, 0) is 5.56 Å². The first kappa shape index (κ1) is 14.4. The zero-order valence-electron chi connectivity index (χ0n) is 11.5. The number of carbonyl (C=O) groups excluding carboxylic acids is 1. The van der Waals surface area contributed by atoms with Crippen LogP contribution in [-0.2, 0) is 9.59 Å². The summed E-state index contributed by atoms with van der Waals surface area (Å²) in [5.41, 5.74) is -0.129. The van der Waals surface area contributed by atoms with Gasteiger partial charge in [-0.25, -0.2) is 9.78 Å². The Balaban J connectivity index is 2.24. The highest BCUT2D eigenvalue weighted by Gasteiger charge is 2.34. The van der Waals surface area contributed by atoms with Crippen LogP contribution in [-0.4, -0.2) is 31.8 Å². The molecule has 2 heterocycles. The molecule has 0 aliphatic carbocycles. The van der Waals surface area contributed by atoms with Gasteiger partial charge in [-0.2, -0.15) is 0 Å². The molecular weight excluding hydrogens is 304 g/mol. The second-order valence-corrected chi connectivity index (χ2v) is 4.79. The number of benzene rings is 1. The predicted molar refractivity (Wildman–Crippen MR) is 77.8 cm³/mol. The van der Waals surface area contributed by atoms with Gasteiger partial charge in [-0.1, -0.05) is 12.1 Å². The van der Waals surface area contributed by atoms with Crippen LogP contribution in [0.15, 0.2) is 47.9 Å². The van der Waals surface area contributed by atoms with Crippen LogP contribution in [0.3, 0.4) is 0 Å². The molecule has 1 aromatic carbocycles. The van der Waals surface area contributed by atoms with E-state index >= 15 is 0 Å². The van der Waals surface area contributed by atoms with Crippen molar-refractivity contribution >= 4 is 23.9 Å². The third kappa shape index (κ3) is 2.33. The molecule has 0 saturated heterocycles. The number of aldehydes is 1. The van der Waals surface area contributed by atoms with Gasteiger partial charge < -0.3 is 15.0 Å². The van der Waals surface area contributed by atoms with Crippen molar-refractivity contribution in [3.63, 3.8) is 0 Å². The summed E-state index contributed by atoms with van der Waals surface area (Å²) < 4.78 is 1.51. The van der Waals surface area contributed by atoms with Gasteiger partial charge in [0.1, 0.15) is 0 Å². The lowest BCUT2D eigenvalue weighted by atomic mass is 9.95. The van der Waals surface area contributed by atoms with Crippen LogP contribution >= 0.6 is 0 Å². The lowest BCUT2D eigenvalue weighted by Gasteiger charge is -2.27. The Hall–Kier alpha value is -3.49. The second-order valence-electron chi connectivity index (χ2n) is 4.79. The number of aliphatic carboxylic acids is 1. The van der Waals surface area contributed by atoms with E-state index in [-0.39, 0.29) is 22.9 Å². The van der Waals surface area contributed by atoms with Gasteiger partial charge in [0.2, 0.25) is 5.95 Å². The number of carboxylic acids is 1. The summed E-state index contributed by atoms with van der Waals surface area (Å²) in [6, 6.07) is 4.73. The Morgan fingerprint density at radius 2 is 2.26 bits per heavy atom. The lowest BCUT2D eigenvalue weighted by Crippen LogP contribution is -2.28. The summed E-state index contributed by atoms with van der Waals surface area (Å²) in [6.45, 7) is 0. The lowest BCUT2D eigenvalue weighted by molar-refractivity contribution is -0.384. The fourth-order valence-corrected chi connectivity index (χ4v) is 2.55. The first-order valence-electron chi connectivity index (χ1n) is 6.49. The van der Waals surface area contributed by atoms with Crippen molar-refractivity contribution in [2.24, 2.45) is 0 Å². The van der Waals surface area contributed by atoms with Gasteiger partial charge >= 0.3 is 5.97 Å². The number of allylic oxidation sites excluding steroid dienone is 1. The highest BCUT2D eigenvalue weighted by atomic mass is 16.6. The van der Waals surface area contributed by atoms with E-state index in [0.29, 0.717) is 11.8 Å². The number of nitro groups is 1. The van der Waals surface area contributed by atoms with Crippen LogP contribution in [0, 0.1) is 10.1 Å². The van der Waals surface area contributed by atoms with Crippen molar-refractivity contribution in [1.82, 2.24) is 9.55 Å². The molecule has 0 spiro atoms. The highest BCUT2D eigenvalue weighted by molar-refractivity contribution is 5.98. The first-order valence-corrected chi connectivity index (χ1v) is 6.49. The SMILES string of the molecule is O=CC1=C(C(=O)O)C(c2cccc([N+](=O)[O-])c2)n2ccnc2N1. The largest absolute Gasteiger partial charge is 0.478 e.